The fraction of sp³-hybridized carbons (Fsp3) is 0.630. The second-order valence-electron chi connectivity index (χ2n) is 11.2. The van der Waals surface area contributed by atoms with Crippen LogP contribution in [0.15, 0.2) is 18.3 Å². The number of ether oxygens (including phenoxy) is 2. The van der Waals surface area contributed by atoms with Crippen molar-refractivity contribution in [2.45, 2.75) is 88.4 Å². The first kappa shape index (κ1) is 24.3. The van der Waals surface area contributed by atoms with Crippen LogP contribution < -0.4 is 0 Å². The Kier molecular flexibility index (Phi) is 5.54. The minimum absolute atomic E-state index is 0.0313. The van der Waals surface area contributed by atoms with Crippen LogP contribution in [0.4, 0.5) is 13.2 Å². The van der Waals surface area contributed by atoms with Crippen molar-refractivity contribution in [3.8, 4) is 0 Å². The molecule has 0 bridgehead atoms. The number of aliphatic hydroxyl groups is 2. The van der Waals surface area contributed by atoms with Gasteiger partial charge in [-0.15, -0.1) is 0 Å². The summed E-state index contributed by atoms with van der Waals surface area (Å²) in [6.07, 6.45) is -1.24. The highest BCUT2D eigenvalue weighted by Crippen LogP contribution is 2.63. The van der Waals surface area contributed by atoms with Crippen LogP contribution in [0, 0.1) is 5.41 Å². The summed E-state index contributed by atoms with van der Waals surface area (Å²) in [5.74, 6) is -0.0313. The molecule has 2 aliphatic heterocycles. The average Bonchev–Trinajstić information content (AvgIpc) is 3.13. The molecule has 3 atom stereocenters. The molecule has 194 valence electrons. The zero-order valence-electron chi connectivity index (χ0n) is 20.4. The Morgan fingerprint density at radius 1 is 1.06 bits per heavy atom. The fourth-order valence-corrected chi connectivity index (χ4v) is 6.77. The second-order valence-corrected chi connectivity index (χ2v) is 11.2. The summed E-state index contributed by atoms with van der Waals surface area (Å²) >= 11 is 0. The van der Waals surface area contributed by atoms with Crippen LogP contribution in [0.1, 0.15) is 116 Å². The number of alkyl halides is 3. The number of fused-ring (bicyclic) bond motifs is 4. The summed E-state index contributed by atoms with van der Waals surface area (Å²) in [6, 6.07) is 2.40. The molecule has 2 unspecified atom stereocenters. The molecular formula is C27H31F3N2O4. The van der Waals surface area contributed by atoms with Gasteiger partial charge in [0.05, 0.1) is 17.4 Å². The van der Waals surface area contributed by atoms with Crippen molar-refractivity contribution in [1.82, 2.24) is 9.97 Å². The first-order valence-corrected chi connectivity index (χ1v) is 12.8. The van der Waals surface area contributed by atoms with E-state index in [0.29, 0.717) is 49.3 Å². The summed E-state index contributed by atoms with van der Waals surface area (Å²) in [6.45, 7) is 4.95. The topological polar surface area (TPSA) is 84.7 Å². The van der Waals surface area contributed by atoms with Crippen molar-refractivity contribution in [2.24, 2.45) is 5.41 Å². The number of hydrogen-bond acceptors (Lipinski definition) is 6. The number of aromatic nitrogens is 2. The van der Waals surface area contributed by atoms with Gasteiger partial charge in [-0.1, -0.05) is 26.3 Å². The van der Waals surface area contributed by atoms with Gasteiger partial charge in [-0.3, -0.25) is 9.97 Å². The van der Waals surface area contributed by atoms with Crippen molar-refractivity contribution in [1.29, 1.82) is 0 Å². The minimum atomic E-state index is -4.53. The van der Waals surface area contributed by atoms with Crippen molar-refractivity contribution in [3.05, 3.63) is 57.7 Å². The smallest absolute Gasteiger partial charge is 0.388 e. The lowest BCUT2D eigenvalue weighted by atomic mass is 9.57. The predicted octanol–water partition coefficient (Wildman–Crippen LogP) is 5.38. The molecule has 6 nitrogen and oxygen atoms in total. The Balaban J connectivity index is 1.57. The highest BCUT2D eigenvalue weighted by molar-refractivity contribution is 5.55. The van der Waals surface area contributed by atoms with Gasteiger partial charge >= 0.3 is 6.18 Å². The van der Waals surface area contributed by atoms with Crippen LogP contribution in [-0.2, 0) is 21.3 Å². The van der Waals surface area contributed by atoms with Crippen molar-refractivity contribution in [2.75, 3.05) is 13.2 Å². The van der Waals surface area contributed by atoms with Gasteiger partial charge in [-0.05, 0) is 36.8 Å². The molecule has 9 heteroatoms. The number of halogens is 3. The van der Waals surface area contributed by atoms with E-state index < -0.39 is 35.8 Å². The Morgan fingerprint density at radius 3 is 2.33 bits per heavy atom. The molecule has 36 heavy (non-hydrogen) atoms. The Hall–Kier alpha value is -2.07. The van der Waals surface area contributed by atoms with E-state index in [1.54, 1.807) is 0 Å². The average molecular weight is 505 g/mol. The first-order valence-electron chi connectivity index (χ1n) is 12.8. The third kappa shape index (κ3) is 3.46. The number of aliphatic hydroxyl groups excluding tert-OH is 2. The lowest BCUT2D eigenvalue weighted by Gasteiger charge is -2.51. The molecular weight excluding hydrogens is 473 g/mol. The molecule has 1 saturated heterocycles. The molecule has 6 rings (SSSR count). The molecule has 4 heterocycles. The molecule has 4 aliphatic rings. The molecule has 0 aromatic carbocycles. The first-order chi connectivity index (χ1) is 17.1. The summed E-state index contributed by atoms with van der Waals surface area (Å²) in [7, 11) is 0. The Labute approximate surface area is 207 Å². The van der Waals surface area contributed by atoms with Gasteiger partial charge in [-0.25, -0.2) is 0 Å². The second kappa shape index (κ2) is 8.21. The van der Waals surface area contributed by atoms with E-state index in [2.05, 4.69) is 4.98 Å². The van der Waals surface area contributed by atoms with Gasteiger partial charge in [0, 0.05) is 60.1 Å². The molecule has 2 fully saturated rings. The van der Waals surface area contributed by atoms with Crippen molar-refractivity contribution < 1.29 is 32.9 Å². The van der Waals surface area contributed by atoms with E-state index in [9.17, 15) is 23.4 Å². The summed E-state index contributed by atoms with van der Waals surface area (Å²) < 4.78 is 52.0. The zero-order valence-corrected chi connectivity index (χ0v) is 20.4. The molecule has 0 amide bonds. The lowest BCUT2D eigenvalue weighted by Crippen LogP contribution is -2.43. The quantitative estimate of drug-likeness (QED) is 0.571. The number of rotatable bonds is 2. The minimum Gasteiger partial charge on any atom is -0.388 e. The summed E-state index contributed by atoms with van der Waals surface area (Å²) in [4.78, 5) is 8.67. The zero-order chi connectivity index (χ0) is 25.5. The SMILES string of the molecule is CC(C)c1nc2c(c3c1C(c1ccc(C(F)(F)F)nc1)OC31CCOCC1)C(O)CC1(CCC1)[C@H]2O. The van der Waals surface area contributed by atoms with E-state index >= 15 is 0 Å². The number of nitrogens with zero attached hydrogens (tertiary/aromatic N) is 2. The molecule has 0 radical (unpaired) electrons. The van der Waals surface area contributed by atoms with Crippen LogP contribution in [-0.4, -0.2) is 33.4 Å². The fourth-order valence-electron chi connectivity index (χ4n) is 6.77. The molecule has 2 aliphatic carbocycles. The monoisotopic (exact) mass is 504 g/mol. The van der Waals surface area contributed by atoms with Gasteiger partial charge in [0.1, 0.15) is 17.9 Å². The van der Waals surface area contributed by atoms with E-state index in [1.807, 2.05) is 13.8 Å². The van der Waals surface area contributed by atoms with Crippen LogP contribution >= 0.6 is 0 Å². The Morgan fingerprint density at radius 2 is 1.78 bits per heavy atom. The summed E-state index contributed by atoms with van der Waals surface area (Å²) in [5, 5.41) is 23.0. The normalized spacial score (nSPS) is 28.3. The van der Waals surface area contributed by atoms with E-state index in [-0.39, 0.29) is 11.3 Å². The van der Waals surface area contributed by atoms with Crippen LogP contribution in [0.2, 0.25) is 0 Å². The molecule has 2 spiro atoms. The van der Waals surface area contributed by atoms with Gasteiger partial charge in [-0.2, -0.15) is 13.2 Å². The van der Waals surface area contributed by atoms with Crippen molar-refractivity contribution >= 4 is 0 Å². The highest BCUT2D eigenvalue weighted by Gasteiger charge is 2.56. The van der Waals surface area contributed by atoms with Gasteiger partial charge in [0.25, 0.3) is 0 Å². The Bertz CT molecular complexity index is 1170. The van der Waals surface area contributed by atoms with E-state index in [1.165, 1.54) is 12.3 Å². The lowest BCUT2D eigenvalue weighted by molar-refractivity contribution is -0.141. The standard InChI is InChI=1S/C27H31F3N2O4/c1-14(2)21-19-20(18-16(33)12-25(6-3-7-25)24(34)22(18)32-21)26(8-10-35-11-9-26)36-23(19)15-4-5-17(31-13-15)27(28,29)30/h4-5,13-14,16,23-24,33-34H,3,6-12H2,1-2H3/t16?,23?,24-/m0/s1. The largest absolute Gasteiger partial charge is 0.433 e. The maximum absolute atomic E-state index is 13.2. The van der Waals surface area contributed by atoms with E-state index in [4.69, 9.17) is 14.5 Å². The van der Waals surface area contributed by atoms with E-state index in [0.717, 1.165) is 42.1 Å². The van der Waals surface area contributed by atoms with Crippen LogP contribution in [0.5, 0.6) is 0 Å². The summed E-state index contributed by atoms with van der Waals surface area (Å²) in [5.41, 5.74) is 2.01. The third-order valence-corrected chi connectivity index (χ3v) is 8.74. The van der Waals surface area contributed by atoms with Crippen LogP contribution in [0.3, 0.4) is 0 Å². The van der Waals surface area contributed by atoms with Gasteiger partial charge < -0.3 is 19.7 Å². The molecule has 1 saturated carbocycles. The highest BCUT2D eigenvalue weighted by atomic mass is 19.4. The maximum Gasteiger partial charge on any atom is 0.433 e. The predicted molar refractivity (Wildman–Crippen MR) is 123 cm³/mol. The molecule has 2 aromatic heterocycles. The number of hydrogen-bond donors (Lipinski definition) is 2. The number of pyridine rings is 2. The maximum atomic E-state index is 13.2. The van der Waals surface area contributed by atoms with Crippen LogP contribution in [0.25, 0.3) is 0 Å². The molecule has 2 aromatic rings. The molecule has 2 N–H and O–H groups in total. The van der Waals surface area contributed by atoms with Gasteiger partial charge in [0.2, 0.25) is 0 Å². The van der Waals surface area contributed by atoms with Crippen molar-refractivity contribution in [3.63, 3.8) is 0 Å². The third-order valence-electron chi connectivity index (χ3n) is 8.74. The van der Waals surface area contributed by atoms with Gasteiger partial charge in [0.15, 0.2) is 0 Å².